The Morgan fingerprint density at radius 2 is 1.67 bits per heavy atom. The first-order valence-corrected chi connectivity index (χ1v) is 9.38. The highest BCUT2D eigenvalue weighted by molar-refractivity contribution is 5.91. The Balaban J connectivity index is 3.02. The molecule has 166 valence electrons. The lowest BCUT2D eigenvalue weighted by molar-refractivity contribution is -0.143. The van der Waals surface area contributed by atoms with E-state index >= 15 is 0 Å². The average molecular weight is 423 g/mol. The molecule has 1 rings (SSSR count). The molecule has 0 bridgehead atoms. The molecule has 10 heteroatoms. The number of likely N-dealkylation sites (N-methyl/N-ethyl adjacent to an activating group) is 1. The van der Waals surface area contributed by atoms with Gasteiger partial charge in [-0.05, 0) is 45.4 Å². The molecule has 0 saturated carbocycles. The molecule has 0 aliphatic carbocycles. The Morgan fingerprint density at radius 3 is 2.17 bits per heavy atom. The van der Waals surface area contributed by atoms with E-state index in [0.29, 0.717) is 5.56 Å². The zero-order chi connectivity index (χ0) is 22.9. The van der Waals surface area contributed by atoms with Crippen LogP contribution in [0, 0.1) is 0 Å². The fourth-order valence-corrected chi connectivity index (χ4v) is 2.52. The standard InChI is InChI=1S/C20H29N3O7/c1-6-23(15(25)11-22-19(28)30-20(2,3)4)17(13-7-9-14(24)10-8-13)18(27)21-12-16(26)29-5/h7-10,17,24H,6,11-12H2,1-5H3,(H,21,27)(H,22,28). The Morgan fingerprint density at radius 1 is 1.07 bits per heavy atom. The number of phenols is 1. The molecule has 30 heavy (non-hydrogen) atoms. The summed E-state index contributed by atoms with van der Waals surface area (Å²) < 4.78 is 9.62. The summed E-state index contributed by atoms with van der Waals surface area (Å²) in [6, 6.07) is 4.66. The SMILES string of the molecule is CCN(C(=O)CNC(=O)OC(C)(C)C)C(C(=O)NCC(=O)OC)c1ccc(O)cc1. The first-order chi connectivity index (χ1) is 14.0. The Hall–Kier alpha value is -3.30. The summed E-state index contributed by atoms with van der Waals surface area (Å²) in [4.78, 5) is 50.0. The molecule has 3 amide bonds. The fraction of sp³-hybridized carbons (Fsp3) is 0.500. The molecule has 0 saturated heterocycles. The number of carbonyl (C=O) groups excluding carboxylic acids is 4. The van der Waals surface area contributed by atoms with Gasteiger partial charge in [-0.2, -0.15) is 0 Å². The Kier molecular flexibility index (Phi) is 9.10. The Labute approximate surface area is 175 Å². The van der Waals surface area contributed by atoms with Gasteiger partial charge in [0.1, 0.15) is 30.5 Å². The normalized spacial score (nSPS) is 11.8. The number of alkyl carbamates (subject to hydrolysis) is 1. The number of hydrogen-bond acceptors (Lipinski definition) is 7. The van der Waals surface area contributed by atoms with Gasteiger partial charge in [0.15, 0.2) is 0 Å². The number of hydrogen-bond donors (Lipinski definition) is 3. The fourth-order valence-electron chi connectivity index (χ4n) is 2.52. The van der Waals surface area contributed by atoms with Crippen LogP contribution < -0.4 is 10.6 Å². The number of nitrogens with one attached hydrogen (secondary N) is 2. The lowest BCUT2D eigenvalue weighted by Gasteiger charge is -2.30. The number of nitrogens with zero attached hydrogens (tertiary/aromatic N) is 1. The summed E-state index contributed by atoms with van der Waals surface area (Å²) >= 11 is 0. The van der Waals surface area contributed by atoms with Crippen LogP contribution >= 0.6 is 0 Å². The van der Waals surface area contributed by atoms with Gasteiger partial charge in [0.2, 0.25) is 11.8 Å². The molecule has 0 radical (unpaired) electrons. The van der Waals surface area contributed by atoms with Gasteiger partial charge >= 0.3 is 12.1 Å². The van der Waals surface area contributed by atoms with Crippen LogP contribution in [-0.4, -0.2) is 66.2 Å². The molecule has 0 spiro atoms. The van der Waals surface area contributed by atoms with E-state index in [1.165, 1.54) is 36.3 Å². The predicted octanol–water partition coefficient (Wildman–Crippen LogP) is 1.10. The second-order valence-electron chi connectivity index (χ2n) is 7.32. The highest BCUT2D eigenvalue weighted by atomic mass is 16.6. The van der Waals surface area contributed by atoms with E-state index < -0.39 is 35.5 Å². The molecule has 3 N–H and O–H groups in total. The summed E-state index contributed by atoms with van der Waals surface area (Å²) in [6.45, 7) is 6.14. The van der Waals surface area contributed by atoms with Crippen LogP contribution in [0.5, 0.6) is 5.75 Å². The van der Waals surface area contributed by atoms with E-state index in [-0.39, 0.29) is 25.4 Å². The second-order valence-corrected chi connectivity index (χ2v) is 7.32. The Bertz CT molecular complexity index is 757. The number of benzene rings is 1. The van der Waals surface area contributed by atoms with E-state index in [1.807, 2.05) is 0 Å². The molecule has 0 aliphatic heterocycles. The first kappa shape index (κ1) is 24.7. The highest BCUT2D eigenvalue weighted by Gasteiger charge is 2.31. The van der Waals surface area contributed by atoms with Crippen LogP contribution in [0.15, 0.2) is 24.3 Å². The van der Waals surface area contributed by atoms with Crippen LogP contribution in [0.25, 0.3) is 0 Å². The van der Waals surface area contributed by atoms with Crippen molar-refractivity contribution in [3.8, 4) is 5.75 Å². The van der Waals surface area contributed by atoms with Gasteiger partial charge in [-0.15, -0.1) is 0 Å². The van der Waals surface area contributed by atoms with Crippen molar-refractivity contribution in [2.24, 2.45) is 0 Å². The summed E-state index contributed by atoms with van der Waals surface area (Å²) in [5, 5.41) is 14.3. The van der Waals surface area contributed by atoms with Crippen molar-refractivity contribution in [1.82, 2.24) is 15.5 Å². The van der Waals surface area contributed by atoms with Crippen LogP contribution in [0.2, 0.25) is 0 Å². The number of methoxy groups -OCH3 is 1. The van der Waals surface area contributed by atoms with E-state index in [0.717, 1.165) is 0 Å². The van der Waals surface area contributed by atoms with Gasteiger partial charge in [-0.1, -0.05) is 12.1 Å². The maximum Gasteiger partial charge on any atom is 0.408 e. The summed E-state index contributed by atoms with van der Waals surface area (Å²) in [6.07, 6.45) is -0.761. The van der Waals surface area contributed by atoms with E-state index in [1.54, 1.807) is 27.7 Å². The van der Waals surface area contributed by atoms with Crippen molar-refractivity contribution in [3.63, 3.8) is 0 Å². The molecule has 0 fully saturated rings. The molecule has 1 aromatic carbocycles. The third kappa shape index (κ3) is 7.98. The highest BCUT2D eigenvalue weighted by Crippen LogP contribution is 2.23. The zero-order valence-corrected chi connectivity index (χ0v) is 17.9. The summed E-state index contributed by atoms with van der Waals surface area (Å²) in [7, 11) is 1.19. The van der Waals surface area contributed by atoms with Gasteiger partial charge in [-0.25, -0.2) is 4.79 Å². The predicted molar refractivity (Wildman–Crippen MR) is 107 cm³/mol. The first-order valence-electron chi connectivity index (χ1n) is 9.38. The van der Waals surface area contributed by atoms with Crippen molar-refractivity contribution < 1.29 is 33.8 Å². The lowest BCUT2D eigenvalue weighted by Crippen LogP contribution is -2.48. The van der Waals surface area contributed by atoms with Crippen LogP contribution in [0.3, 0.4) is 0 Å². The number of phenolic OH excluding ortho intramolecular Hbond substituents is 1. The molecule has 1 aromatic rings. The van der Waals surface area contributed by atoms with Crippen LogP contribution in [0.4, 0.5) is 4.79 Å². The molecule has 0 aliphatic rings. The van der Waals surface area contributed by atoms with Crippen LogP contribution in [0.1, 0.15) is 39.3 Å². The minimum Gasteiger partial charge on any atom is -0.508 e. The van der Waals surface area contributed by atoms with Gasteiger partial charge in [0, 0.05) is 6.54 Å². The van der Waals surface area contributed by atoms with E-state index in [4.69, 9.17) is 4.74 Å². The smallest absolute Gasteiger partial charge is 0.408 e. The molecule has 1 atom stereocenters. The minimum atomic E-state index is -1.09. The van der Waals surface area contributed by atoms with Crippen LogP contribution in [-0.2, 0) is 23.9 Å². The number of esters is 1. The van der Waals surface area contributed by atoms with Crippen molar-refractivity contribution in [1.29, 1.82) is 0 Å². The number of amides is 3. The third-order valence-electron chi connectivity index (χ3n) is 3.85. The maximum atomic E-state index is 12.8. The summed E-state index contributed by atoms with van der Waals surface area (Å²) in [5.74, 6) is -1.80. The van der Waals surface area contributed by atoms with Crippen molar-refractivity contribution >= 4 is 23.9 Å². The number of ether oxygens (including phenoxy) is 2. The average Bonchev–Trinajstić information content (AvgIpc) is 2.67. The quantitative estimate of drug-likeness (QED) is 0.533. The molecular weight excluding hydrogens is 394 g/mol. The lowest BCUT2D eigenvalue weighted by atomic mass is 10.0. The van der Waals surface area contributed by atoms with Gasteiger partial charge in [0.05, 0.1) is 7.11 Å². The largest absolute Gasteiger partial charge is 0.508 e. The monoisotopic (exact) mass is 423 g/mol. The van der Waals surface area contributed by atoms with Gasteiger partial charge in [-0.3, -0.25) is 14.4 Å². The zero-order valence-electron chi connectivity index (χ0n) is 17.9. The number of aromatic hydroxyl groups is 1. The molecule has 0 aromatic heterocycles. The number of carbonyl (C=O) groups is 4. The number of rotatable bonds is 8. The molecular formula is C20H29N3O7. The summed E-state index contributed by atoms with van der Waals surface area (Å²) in [5.41, 5.74) is -0.303. The molecule has 10 nitrogen and oxygen atoms in total. The van der Waals surface area contributed by atoms with Gasteiger partial charge in [0.25, 0.3) is 0 Å². The van der Waals surface area contributed by atoms with Crippen molar-refractivity contribution in [2.45, 2.75) is 39.3 Å². The topological polar surface area (TPSA) is 134 Å². The van der Waals surface area contributed by atoms with Crippen molar-refractivity contribution in [3.05, 3.63) is 29.8 Å². The minimum absolute atomic E-state index is 0.00608. The maximum absolute atomic E-state index is 12.8. The van der Waals surface area contributed by atoms with E-state index in [2.05, 4.69) is 15.4 Å². The molecule has 0 heterocycles. The van der Waals surface area contributed by atoms with Crippen molar-refractivity contribution in [2.75, 3.05) is 26.7 Å². The van der Waals surface area contributed by atoms with Gasteiger partial charge < -0.3 is 30.1 Å². The van der Waals surface area contributed by atoms with E-state index in [9.17, 15) is 24.3 Å². The molecule has 1 unspecified atom stereocenters. The third-order valence-corrected chi connectivity index (χ3v) is 3.85. The second kappa shape index (κ2) is 11.0.